The summed E-state index contributed by atoms with van der Waals surface area (Å²) in [5.74, 6) is -0.198. The molecule has 0 saturated carbocycles. The van der Waals surface area contributed by atoms with Crippen LogP contribution in [0.25, 0.3) is 11.3 Å². The van der Waals surface area contributed by atoms with Crippen LogP contribution in [0, 0.1) is 0 Å². The standard InChI is InChI=1S/C17H15N3OS2/c1-22-13-9-5-8-12(10-13)19-16(21)15-14(20-17(18)23-15)11-6-3-2-4-7-11/h2-10H,1H3,(H2,18,20)(H,19,21). The smallest absolute Gasteiger partial charge is 0.268 e. The number of amides is 1. The molecule has 1 heterocycles. The molecule has 6 heteroatoms. The maximum Gasteiger partial charge on any atom is 0.268 e. The molecule has 0 atom stereocenters. The summed E-state index contributed by atoms with van der Waals surface area (Å²) in [6.45, 7) is 0. The number of rotatable bonds is 4. The van der Waals surface area contributed by atoms with Crippen LogP contribution < -0.4 is 11.1 Å². The molecule has 3 rings (SSSR count). The van der Waals surface area contributed by atoms with Gasteiger partial charge in [-0.15, -0.1) is 11.8 Å². The minimum Gasteiger partial charge on any atom is -0.375 e. The maximum absolute atomic E-state index is 12.6. The number of anilines is 2. The minimum atomic E-state index is -0.198. The van der Waals surface area contributed by atoms with Gasteiger partial charge in [-0.2, -0.15) is 0 Å². The number of nitrogens with zero attached hydrogens (tertiary/aromatic N) is 1. The molecule has 1 aromatic heterocycles. The maximum atomic E-state index is 12.6. The summed E-state index contributed by atoms with van der Waals surface area (Å²) in [5.41, 5.74) is 8.07. The molecule has 3 N–H and O–H groups in total. The third-order valence-electron chi connectivity index (χ3n) is 3.22. The number of nitrogens with two attached hydrogens (primary N) is 1. The van der Waals surface area contributed by atoms with E-state index < -0.39 is 0 Å². The third-order valence-corrected chi connectivity index (χ3v) is 4.83. The van der Waals surface area contributed by atoms with Crippen molar-refractivity contribution in [2.75, 3.05) is 17.3 Å². The average Bonchev–Trinajstić information content (AvgIpc) is 2.98. The third kappa shape index (κ3) is 3.55. The normalized spacial score (nSPS) is 10.5. The Kier molecular flexibility index (Phi) is 4.64. The molecule has 4 nitrogen and oxygen atoms in total. The lowest BCUT2D eigenvalue weighted by molar-refractivity contribution is 0.103. The summed E-state index contributed by atoms with van der Waals surface area (Å²) in [6, 6.07) is 17.3. The van der Waals surface area contributed by atoms with Crippen molar-refractivity contribution in [3.8, 4) is 11.3 Å². The van der Waals surface area contributed by atoms with Crippen LogP contribution in [-0.2, 0) is 0 Å². The van der Waals surface area contributed by atoms with E-state index >= 15 is 0 Å². The number of benzene rings is 2. The van der Waals surface area contributed by atoms with Crippen LogP contribution in [0.4, 0.5) is 10.8 Å². The van der Waals surface area contributed by atoms with Crippen LogP contribution >= 0.6 is 23.1 Å². The Labute approximate surface area is 142 Å². The van der Waals surface area contributed by atoms with Crippen LogP contribution in [0.15, 0.2) is 59.5 Å². The van der Waals surface area contributed by atoms with E-state index in [1.54, 1.807) is 11.8 Å². The number of carbonyl (C=O) groups is 1. The molecule has 3 aromatic rings. The molecule has 0 aliphatic carbocycles. The monoisotopic (exact) mass is 341 g/mol. The molecule has 1 amide bonds. The number of hydrogen-bond acceptors (Lipinski definition) is 5. The minimum absolute atomic E-state index is 0.198. The highest BCUT2D eigenvalue weighted by atomic mass is 32.2. The first-order valence-electron chi connectivity index (χ1n) is 6.94. The Balaban J connectivity index is 1.91. The summed E-state index contributed by atoms with van der Waals surface area (Å²) in [4.78, 5) is 18.5. The quantitative estimate of drug-likeness (QED) is 0.692. The van der Waals surface area contributed by atoms with Crippen molar-refractivity contribution < 1.29 is 4.79 Å². The van der Waals surface area contributed by atoms with Crippen LogP contribution in [0.1, 0.15) is 9.67 Å². The SMILES string of the molecule is CSc1cccc(NC(=O)c2sc(N)nc2-c2ccccc2)c1. The molecule has 0 saturated heterocycles. The van der Waals surface area contributed by atoms with Crippen molar-refractivity contribution in [2.45, 2.75) is 4.90 Å². The highest BCUT2D eigenvalue weighted by Gasteiger charge is 2.18. The number of thioether (sulfide) groups is 1. The fourth-order valence-corrected chi connectivity index (χ4v) is 3.38. The van der Waals surface area contributed by atoms with E-state index in [0.717, 1.165) is 16.1 Å². The van der Waals surface area contributed by atoms with Gasteiger partial charge in [0.25, 0.3) is 5.91 Å². The molecular weight excluding hydrogens is 326 g/mol. The lowest BCUT2D eigenvalue weighted by Crippen LogP contribution is -2.11. The lowest BCUT2D eigenvalue weighted by atomic mass is 10.1. The zero-order chi connectivity index (χ0) is 16.2. The molecule has 2 aromatic carbocycles. The van der Waals surface area contributed by atoms with E-state index in [2.05, 4.69) is 10.3 Å². The predicted molar refractivity (Wildman–Crippen MR) is 98.1 cm³/mol. The van der Waals surface area contributed by atoms with Crippen LogP contribution in [0.5, 0.6) is 0 Å². The van der Waals surface area contributed by atoms with Gasteiger partial charge in [-0.3, -0.25) is 4.79 Å². The van der Waals surface area contributed by atoms with Crippen molar-refractivity contribution >= 4 is 39.8 Å². The summed E-state index contributed by atoms with van der Waals surface area (Å²) < 4.78 is 0. The number of carbonyl (C=O) groups excluding carboxylic acids is 1. The van der Waals surface area contributed by atoms with Gasteiger partial charge in [0.1, 0.15) is 4.88 Å². The summed E-state index contributed by atoms with van der Waals surface area (Å²) in [7, 11) is 0. The molecule has 116 valence electrons. The van der Waals surface area contributed by atoms with Crippen molar-refractivity contribution in [1.82, 2.24) is 4.98 Å². The van der Waals surface area contributed by atoms with Crippen LogP contribution in [-0.4, -0.2) is 17.1 Å². The fourth-order valence-electron chi connectivity index (χ4n) is 2.17. The van der Waals surface area contributed by atoms with Crippen LogP contribution in [0.2, 0.25) is 0 Å². The number of thiazole rings is 1. The molecule has 23 heavy (non-hydrogen) atoms. The topological polar surface area (TPSA) is 68.0 Å². The Hall–Kier alpha value is -2.31. The van der Waals surface area contributed by atoms with E-state index in [1.165, 1.54) is 11.3 Å². The van der Waals surface area contributed by atoms with Gasteiger partial charge < -0.3 is 11.1 Å². The van der Waals surface area contributed by atoms with Gasteiger partial charge in [0.2, 0.25) is 0 Å². The van der Waals surface area contributed by atoms with E-state index in [0.29, 0.717) is 15.7 Å². The summed E-state index contributed by atoms with van der Waals surface area (Å²) >= 11 is 2.82. The fraction of sp³-hybridized carbons (Fsp3) is 0.0588. The van der Waals surface area contributed by atoms with E-state index in [1.807, 2.05) is 60.9 Å². The van der Waals surface area contributed by atoms with E-state index in [9.17, 15) is 4.79 Å². The van der Waals surface area contributed by atoms with E-state index in [-0.39, 0.29) is 5.91 Å². The molecule has 0 fully saturated rings. The molecule has 0 unspecified atom stereocenters. The predicted octanol–water partition coefficient (Wildman–Crippen LogP) is 4.37. The number of nitrogen functional groups attached to an aromatic ring is 1. The second kappa shape index (κ2) is 6.85. The van der Waals surface area contributed by atoms with Gasteiger partial charge in [-0.05, 0) is 24.5 Å². The second-order valence-electron chi connectivity index (χ2n) is 4.78. The molecule has 0 spiro atoms. The lowest BCUT2D eigenvalue weighted by Gasteiger charge is -2.06. The first-order chi connectivity index (χ1) is 11.2. The van der Waals surface area contributed by atoms with Gasteiger partial charge in [-0.25, -0.2) is 4.98 Å². The Morgan fingerprint density at radius 1 is 1.17 bits per heavy atom. The first kappa shape index (κ1) is 15.6. The van der Waals surface area contributed by atoms with E-state index in [4.69, 9.17) is 5.73 Å². The second-order valence-corrected chi connectivity index (χ2v) is 6.69. The highest BCUT2D eigenvalue weighted by Crippen LogP contribution is 2.30. The van der Waals surface area contributed by atoms with Crippen LogP contribution in [0.3, 0.4) is 0 Å². The largest absolute Gasteiger partial charge is 0.375 e. The zero-order valence-corrected chi connectivity index (χ0v) is 14.1. The zero-order valence-electron chi connectivity index (χ0n) is 12.4. The molecule has 0 radical (unpaired) electrons. The first-order valence-corrected chi connectivity index (χ1v) is 8.98. The summed E-state index contributed by atoms with van der Waals surface area (Å²) in [5, 5.41) is 3.30. The highest BCUT2D eigenvalue weighted by molar-refractivity contribution is 7.98. The van der Waals surface area contributed by atoms with Gasteiger partial charge in [0, 0.05) is 16.1 Å². The average molecular weight is 341 g/mol. The Morgan fingerprint density at radius 2 is 1.96 bits per heavy atom. The summed E-state index contributed by atoms with van der Waals surface area (Å²) in [6.07, 6.45) is 2.00. The van der Waals surface area contributed by atoms with Crippen molar-refractivity contribution in [1.29, 1.82) is 0 Å². The van der Waals surface area contributed by atoms with Gasteiger partial charge in [-0.1, -0.05) is 47.7 Å². The van der Waals surface area contributed by atoms with Gasteiger partial charge in [0.15, 0.2) is 5.13 Å². The Bertz CT molecular complexity index is 831. The van der Waals surface area contributed by atoms with Gasteiger partial charge in [0.05, 0.1) is 5.69 Å². The molecular formula is C17H15N3OS2. The Morgan fingerprint density at radius 3 is 2.70 bits per heavy atom. The number of aromatic nitrogens is 1. The number of nitrogens with one attached hydrogen (secondary N) is 1. The van der Waals surface area contributed by atoms with Crippen molar-refractivity contribution in [3.05, 3.63) is 59.5 Å². The molecule has 0 bridgehead atoms. The van der Waals surface area contributed by atoms with Crippen molar-refractivity contribution in [2.24, 2.45) is 0 Å². The molecule has 0 aliphatic rings. The molecule has 0 aliphatic heterocycles. The van der Waals surface area contributed by atoms with Crippen molar-refractivity contribution in [3.63, 3.8) is 0 Å². The number of hydrogen-bond donors (Lipinski definition) is 2. The van der Waals surface area contributed by atoms with Gasteiger partial charge >= 0.3 is 0 Å².